The van der Waals surface area contributed by atoms with Gasteiger partial charge < -0.3 is 16.4 Å². The lowest BCUT2D eigenvalue weighted by Crippen LogP contribution is -2.47. The van der Waals surface area contributed by atoms with Crippen molar-refractivity contribution in [2.24, 2.45) is 5.73 Å². The largest absolute Gasteiger partial charge is 0.389 e. The summed E-state index contributed by atoms with van der Waals surface area (Å²) in [6.45, 7) is 9.64. The van der Waals surface area contributed by atoms with Gasteiger partial charge in [0.25, 0.3) is 0 Å². The molecule has 0 heterocycles. The smallest absolute Gasteiger partial charge is 0.242 e. The summed E-state index contributed by atoms with van der Waals surface area (Å²) in [5, 5.41) is 6.11. The van der Waals surface area contributed by atoms with Crippen molar-refractivity contribution in [1.82, 2.24) is 5.32 Å². The summed E-state index contributed by atoms with van der Waals surface area (Å²) < 4.78 is 0. The van der Waals surface area contributed by atoms with Crippen LogP contribution in [0.3, 0.4) is 0 Å². The Morgan fingerprint density at radius 2 is 1.95 bits per heavy atom. The van der Waals surface area contributed by atoms with E-state index in [-0.39, 0.29) is 17.5 Å². The molecule has 4 N–H and O–H groups in total. The van der Waals surface area contributed by atoms with Gasteiger partial charge in [0.15, 0.2) is 0 Å². The minimum Gasteiger partial charge on any atom is -0.389 e. The van der Waals surface area contributed by atoms with Crippen molar-refractivity contribution in [2.75, 3.05) is 5.32 Å². The summed E-state index contributed by atoms with van der Waals surface area (Å²) in [5.74, 6) is -0.0621. The Morgan fingerprint density at radius 1 is 1.35 bits per heavy atom. The summed E-state index contributed by atoms with van der Waals surface area (Å²) in [6, 6.07) is 5.38. The molecule has 0 saturated carbocycles. The molecule has 1 unspecified atom stereocenters. The van der Waals surface area contributed by atoms with E-state index in [0.29, 0.717) is 4.99 Å². The lowest BCUT2D eigenvalue weighted by atomic mass is 10.1. The summed E-state index contributed by atoms with van der Waals surface area (Å²) >= 11 is 5.04. The molecule has 110 valence electrons. The molecule has 1 aromatic rings. The van der Waals surface area contributed by atoms with Crippen molar-refractivity contribution < 1.29 is 4.79 Å². The van der Waals surface area contributed by atoms with Crippen LogP contribution in [0.15, 0.2) is 18.2 Å². The zero-order valence-electron chi connectivity index (χ0n) is 12.7. The minimum atomic E-state index is -0.371. The van der Waals surface area contributed by atoms with E-state index in [1.807, 2.05) is 52.8 Å². The molecule has 5 heteroatoms. The third-order valence-electron chi connectivity index (χ3n) is 2.70. The highest BCUT2D eigenvalue weighted by atomic mass is 32.1. The summed E-state index contributed by atoms with van der Waals surface area (Å²) in [7, 11) is 0. The number of thiocarbonyl (C=S) groups is 1. The van der Waals surface area contributed by atoms with Crippen LogP contribution >= 0.6 is 12.2 Å². The molecular weight excluding hydrogens is 270 g/mol. The fourth-order valence-corrected chi connectivity index (χ4v) is 1.95. The molecule has 0 aliphatic heterocycles. The van der Waals surface area contributed by atoms with Gasteiger partial charge in [-0.15, -0.1) is 0 Å². The first-order chi connectivity index (χ1) is 9.10. The van der Waals surface area contributed by atoms with Gasteiger partial charge in [-0.1, -0.05) is 18.3 Å². The van der Waals surface area contributed by atoms with Crippen molar-refractivity contribution in [3.8, 4) is 0 Å². The first-order valence-electron chi connectivity index (χ1n) is 6.59. The van der Waals surface area contributed by atoms with Gasteiger partial charge in [0.1, 0.15) is 11.0 Å². The van der Waals surface area contributed by atoms with Gasteiger partial charge >= 0.3 is 0 Å². The summed E-state index contributed by atoms with van der Waals surface area (Å²) in [6.07, 6.45) is 0. The molecule has 4 nitrogen and oxygen atoms in total. The second kappa shape index (κ2) is 6.22. The van der Waals surface area contributed by atoms with Gasteiger partial charge in [0.2, 0.25) is 5.91 Å². The van der Waals surface area contributed by atoms with Gasteiger partial charge in [-0.2, -0.15) is 0 Å². The zero-order valence-corrected chi connectivity index (χ0v) is 13.5. The van der Waals surface area contributed by atoms with Crippen LogP contribution in [0.2, 0.25) is 0 Å². The molecule has 1 amide bonds. The molecular formula is C15H23N3OS. The third-order valence-corrected chi connectivity index (χ3v) is 2.92. The second-order valence-electron chi connectivity index (χ2n) is 6.02. The highest BCUT2D eigenvalue weighted by molar-refractivity contribution is 7.80. The number of nitrogens with one attached hydrogen (secondary N) is 2. The van der Waals surface area contributed by atoms with E-state index >= 15 is 0 Å². The van der Waals surface area contributed by atoms with Crippen molar-refractivity contribution in [1.29, 1.82) is 0 Å². The molecule has 0 fully saturated rings. The number of nitrogens with two attached hydrogens (primary N) is 1. The molecule has 0 bridgehead atoms. The number of amides is 1. The maximum atomic E-state index is 12.1. The van der Waals surface area contributed by atoms with Gasteiger partial charge in [-0.05, 0) is 52.3 Å². The number of carbonyl (C=O) groups excluding carboxylic acids is 1. The predicted octanol–water partition coefficient (Wildman–Crippen LogP) is 2.34. The topological polar surface area (TPSA) is 67.1 Å². The van der Waals surface area contributed by atoms with E-state index < -0.39 is 0 Å². The molecule has 1 aromatic carbocycles. The van der Waals surface area contributed by atoms with Gasteiger partial charge in [-0.3, -0.25) is 4.79 Å². The van der Waals surface area contributed by atoms with Crippen LogP contribution in [0.5, 0.6) is 0 Å². The van der Waals surface area contributed by atoms with Crippen LogP contribution in [0.4, 0.5) is 5.69 Å². The number of carbonyl (C=O) groups is 1. The Morgan fingerprint density at radius 3 is 2.45 bits per heavy atom. The fraction of sp³-hybridized carbons (Fsp3) is 0.467. The highest BCUT2D eigenvalue weighted by Gasteiger charge is 2.20. The fourth-order valence-electron chi connectivity index (χ4n) is 1.77. The van der Waals surface area contributed by atoms with Crippen LogP contribution in [-0.2, 0) is 4.79 Å². The van der Waals surface area contributed by atoms with Crippen LogP contribution < -0.4 is 16.4 Å². The maximum absolute atomic E-state index is 12.1. The molecule has 1 rings (SSSR count). The van der Waals surface area contributed by atoms with Crippen LogP contribution in [0.1, 0.15) is 38.8 Å². The summed E-state index contributed by atoms with van der Waals surface area (Å²) in [4.78, 5) is 12.4. The standard InChI is InChI=1S/C15H23N3OS/c1-9-6-7-11(13(16)20)12(8-9)17-10(2)14(19)18-15(3,4)5/h6-8,10,17H,1-5H3,(H2,16,20)(H,18,19). The molecule has 0 spiro atoms. The highest BCUT2D eigenvalue weighted by Crippen LogP contribution is 2.18. The quantitative estimate of drug-likeness (QED) is 0.746. The lowest BCUT2D eigenvalue weighted by Gasteiger charge is -2.24. The third kappa shape index (κ3) is 4.81. The van der Waals surface area contributed by atoms with Crippen LogP contribution in [0.25, 0.3) is 0 Å². The normalized spacial score (nSPS) is 12.7. The molecule has 1 atom stereocenters. The van der Waals surface area contributed by atoms with E-state index in [1.165, 1.54) is 0 Å². The number of hydrogen-bond donors (Lipinski definition) is 3. The van der Waals surface area contributed by atoms with Crippen molar-refractivity contribution in [3.63, 3.8) is 0 Å². The molecule has 0 radical (unpaired) electrons. The van der Waals surface area contributed by atoms with Gasteiger partial charge in [0, 0.05) is 16.8 Å². The van der Waals surface area contributed by atoms with E-state index in [0.717, 1.165) is 16.8 Å². The maximum Gasteiger partial charge on any atom is 0.242 e. The molecule has 20 heavy (non-hydrogen) atoms. The number of benzene rings is 1. The van der Waals surface area contributed by atoms with Gasteiger partial charge in [-0.25, -0.2) is 0 Å². The Hall–Kier alpha value is -1.62. The number of aryl methyl sites for hydroxylation is 1. The van der Waals surface area contributed by atoms with Gasteiger partial charge in [0.05, 0.1) is 0 Å². The van der Waals surface area contributed by atoms with Crippen molar-refractivity contribution >= 4 is 28.8 Å². The van der Waals surface area contributed by atoms with Crippen molar-refractivity contribution in [3.05, 3.63) is 29.3 Å². The first-order valence-corrected chi connectivity index (χ1v) is 7.00. The Kier molecular flexibility index (Phi) is 5.11. The van der Waals surface area contributed by atoms with E-state index in [2.05, 4.69) is 10.6 Å². The molecule has 0 aromatic heterocycles. The Labute approximate surface area is 126 Å². The van der Waals surface area contributed by atoms with Crippen LogP contribution in [0, 0.1) is 6.92 Å². The Bertz CT molecular complexity index is 520. The van der Waals surface area contributed by atoms with E-state index in [4.69, 9.17) is 18.0 Å². The lowest BCUT2D eigenvalue weighted by molar-refractivity contribution is -0.122. The number of anilines is 1. The minimum absolute atomic E-state index is 0.0621. The molecule has 0 aliphatic rings. The first kappa shape index (κ1) is 16.4. The van der Waals surface area contributed by atoms with E-state index in [1.54, 1.807) is 0 Å². The predicted molar refractivity (Wildman–Crippen MR) is 88.0 cm³/mol. The average Bonchev–Trinajstić information content (AvgIpc) is 2.26. The number of hydrogen-bond acceptors (Lipinski definition) is 3. The Balaban J connectivity index is 2.90. The van der Waals surface area contributed by atoms with Crippen molar-refractivity contribution in [2.45, 2.75) is 46.2 Å². The molecule has 0 saturated heterocycles. The average molecular weight is 293 g/mol. The van der Waals surface area contributed by atoms with Crippen LogP contribution in [-0.4, -0.2) is 22.5 Å². The SMILES string of the molecule is Cc1ccc(C(N)=S)c(NC(C)C(=O)NC(C)(C)C)c1. The number of rotatable bonds is 4. The monoisotopic (exact) mass is 293 g/mol. The summed E-state index contributed by atoms with van der Waals surface area (Å²) in [5.41, 5.74) is 8.07. The molecule has 0 aliphatic carbocycles. The zero-order chi connectivity index (χ0) is 15.5. The second-order valence-corrected chi connectivity index (χ2v) is 6.46. The van der Waals surface area contributed by atoms with E-state index in [9.17, 15) is 4.79 Å².